The molecule has 1 aromatic rings. The maximum atomic E-state index is 12.6. The molecule has 2 rings (SSSR count). The average molecular weight is 345 g/mol. The molecule has 0 bridgehead atoms. The molecule has 4 heteroatoms. The van der Waals surface area contributed by atoms with Crippen molar-refractivity contribution in [2.75, 3.05) is 6.61 Å². The molecule has 1 atom stereocenters. The van der Waals surface area contributed by atoms with E-state index in [4.69, 9.17) is 9.47 Å². The third-order valence-electron chi connectivity index (χ3n) is 4.18. The van der Waals surface area contributed by atoms with Crippen molar-refractivity contribution < 1.29 is 14.3 Å². The highest BCUT2D eigenvalue weighted by atomic mass is 16.6. The van der Waals surface area contributed by atoms with Crippen molar-refractivity contribution in [3.8, 4) is 0 Å². The van der Waals surface area contributed by atoms with Gasteiger partial charge in [0.15, 0.2) is 0 Å². The van der Waals surface area contributed by atoms with E-state index in [1.54, 1.807) is 4.90 Å². The van der Waals surface area contributed by atoms with Crippen molar-refractivity contribution in [1.29, 1.82) is 0 Å². The Hall–Kier alpha value is -1.81. The van der Waals surface area contributed by atoms with Crippen LogP contribution in [-0.2, 0) is 15.9 Å². The molecule has 0 aromatic heterocycles. The van der Waals surface area contributed by atoms with Crippen LogP contribution in [0.15, 0.2) is 42.5 Å². The Balaban J connectivity index is 1.89. The number of ether oxygens (including phenoxy) is 2. The number of benzene rings is 1. The van der Waals surface area contributed by atoms with Crippen molar-refractivity contribution >= 4 is 6.09 Å². The Bertz CT molecular complexity index is 587. The molecule has 25 heavy (non-hydrogen) atoms. The zero-order chi connectivity index (χ0) is 18.5. The van der Waals surface area contributed by atoms with E-state index in [1.165, 1.54) is 5.56 Å². The van der Waals surface area contributed by atoms with Crippen LogP contribution in [0.1, 0.15) is 53.0 Å². The van der Waals surface area contributed by atoms with Crippen LogP contribution in [0.5, 0.6) is 0 Å². The van der Waals surface area contributed by atoms with E-state index in [2.05, 4.69) is 36.4 Å². The van der Waals surface area contributed by atoms with Crippen molar-refractivity contribution in [1.82, 2.24) is 4.90 Å². The number of amides is 1. The Morgan fingerprint density at radius 3 is 2.60 bits per heavy atom. The molecule has 1 fully saturated rings. The molecule has 1 heterocycles. The van der Waals surface area contributed by atoms with Gasteiger partial charge in [-0.15, -0.1) is 0 Å². The van der Waals surface area contributed by atoms with Gasteiger partial charge in [-0.3, -0.25) is 4.90 Å². The number of hydrogen-bond acceptors (Lipinski definition) is 3. The number of carbonyl (C=O) groups excluding carboxylic acids is 1. The van der Waals surface area contributed by atoms with Gasteiger partial charge in [0.2, 0.25) is 0 Å². The van der Waals surface area contributed by atoms with Gasteiger partial charge in [0, 0.05) is 0 Å². The van der Waals surface area contributed by atoms with Gasteiger partial charge in [-0.05, 0) is 59.4 Å². The molecule has 0 spiro atoms. The highest BCUT2D eigenvalue weighted by molar-refractivity contribution is 5.69. The summed E-state index contributed by atoms with van der Waals surface area (Å²) in [5, 5.41) is 0. The fraction of sp³-hybridized carbons (Fsp3) is 0.571. The SMILES string of the molecule is CC(C)(C)OC(=O)N1[C@@H](C/C=C/CCc2ccccc2)COC1(C)C. The third kappa shape index (κ3) is 5.89. The molecule has 0 N–H and O–H groups in total. The summed E-state index contributed by atoms with van der Waals surface area (Å²) in [5.74, 6) is 0. The summed E-state index contributed by atoms with van der Waals surface area (Å²) in [5.41, 5.74) is 0.198. The van der Waals surface area contributed by atoms with E-state index in [9.17, 15) is 4.79 Å². The highest BCUT2D eigenvalue weighted by Crippen LogP contribution is 2.31. The first-order valence-electron chi connectivity index (χ1n) is 9.04. The highest BCUT2D eigenvalue weighted by Gasteiger charge is 2.45. The summed E-state index contributed by atoms with van der Waals surface area (Å²) in [7, 11) is 0. The minimum absolute atomic E-state index is 0.0119. The molecule has 138 valence electrons. The normalized spacial score (nSPS) is 20.2. The van der Waals surface area contributed by atoms with Gasteiger partial charge in [0.25, 0.3) is 0 Å². The standard InChI is InChI=1S/C21H31NO3/c1-20(2,3)25-19(23)22-18(16-24-21(22,4)5)15-11-7-10-14-17-12-8-6-9-13-17/h6-9,11-13,18H,10,14-16H2,1-5H3/b11-7+/t18-/m0/s1. The van der Waals surface area contributed by atoms with E-state index in [-0.39, 0.29) is 12.1 Å². The molecule has 0 unspecified atom stereocenters. The Kier molecular flexibility index (Phi) is 6.28. The van der Waals surface area contributed by atoms with E-state index in [0.29, 0.717) is 6.61 Å². The minimum Gasteiger partial charge on any atom is -0.444 e. The first kappa shape index (κ1) is 19.5. The van der Waals surface area contributed by atoms with E-state index < -0.39 is 11.3 Å². The molecular weight excluding hydrogens is 314 g/mol. The summed E-state index contributed by atoms with van der Waals surface area (Å²) >= 11 is 0. The van der Waals surface area contributed by atoms with Gasteiger partial charge < -0.3 is 9.47 Å². The van der Waals surface area contributed by atoms with Gasteiger partial charge in [0.1, 0.15) is 11.3 Å². The Labute approximate surface area is 151 Å². The summed E-state index contributed by atoms with van der Waals surface area (Å²) in [6, 6.07) is 10.5. The Morgan fingerprint density at radius 1 is 1.28 bits per heavy atom. The monoisotopic (exact) mass is 345 g/mol. The molecule has 1 aliphatic rings. The van der Waals surface area contributed by atoms with Crippen molar-refractivity contribution in [3.05, 3.63) is 48.0 Å². The summed E-state index contributed by atoms with van der Waals surface area (Å²) in [6.45, 7) is 10.0. The fourth-order valence-corrected chi connectivity index (χ4v) is 3.00. The van der Waals surface area contributed by atoms with E-state index >= 15 is 0 Å². The van der Waals surface area contributed by atoms with Crippen LogP contribution in [0.2, 0.25) is 0 Å². The quantitative estimate of drug-likeness (QED) is 0.710. The van der Waals surface area contributed by atoms with Crippen LogP contribution < -0.4 is 0 Å². The smallest absolute Gasteiger partial charge is 0.412 e. The number of carbonyl (C=O) groups is 1. The predicted molar refractivity (Wildman–Crippen MR) is 100 cm³/mol. The molecule has 4 nitrogen and oxygen atoms in total. The van der Waals surface area contributed by atoms with Gasteiger partial charge in [-0.25, -0.2) is 4.79 Å². The van der Waals surface area contributed by atoms with Crippen LogP contribution in [-0.4, -0.2) is 35.0 Å². The molecule has 1 saturated heterocycles. The van der Waals surface area contributed by atoms with Gasteiger partial charge in [-0.2, -0.15) is 0 Å². The van der Waals surface area contributed by atoms with E-state index in [1.807, 2.05) is 40.7 Å². The third-order valence-corrected chi connectivity index (χ3v) is 4.18. The average Bonchev–Trinajstić information content (AvgIpc) is 2.81. The topological polar surface area (TPSA) is 38.8 Å². The summed E-state index contributed by atoms with van der Waals surface area (Å²) < 4.78 is 11.4. The fourth-order valence-electron chi connectivity index (χ4n) is 3.00. The number of hydrogen-bond donors (Lipinski definition) is 0. The Morgan fingerprint density at radius 2 is 1.96 bits per heavy atom. The number of allylic oxidation sites excluding steroid dienone is 1. The lowest BCUT2D eigenvalue weighted by Gasteiger charge is -2.34. The van der Waals surface area contributed by atoms with Crippen molar-refractivity contribution in [2.45, 2.75) is 71.2 Å². The summed E-state index contributed by atoms with van der Waals surface area (Å²) in [6.07, 6.45) is 6.82. The van der Waals surface area contributed by atoms with Gasteiger partial charge in [0.05, 0.1) is 12.6 Å². The molecule has 1 aliphatic heterocycles. The van der Waals surface area contributed by atoms with Crippen LogP contribution >= 0.6 is 0 Å². The predicted octanol–water partition coefficient (Wildman–Crippen LogP) is 4.94. The number of aryl methyl sites for hydroxylation is 1. The number of rotatable bonds is 5. The second-order valence-electron chi connectivity index (χ2n) is 7.99. The molecule has 0 radical (unpaired) electrons. The van der Waals surface area contributed by atoms with Crippen LogP contribution in [0.4, 0.5) is 4.79 Å². The lowest BCUT2D eigenvalue weighted by molar-refractivity contribution is -0.0623. The zero-order valence-corrected chi connectivity index (χ0v) is 16.1. The molecule has 1 amide bonds. The van der Waals surface area contributed by atoms with Crippen molar-refractivity contribution in [3.63, 3.8) is 0 Å². The van der Waals surface area contributed by atoms with Crippen LogP contribution in [0, 0.1) is 0 Å². The molecular formula is C21H31NO3. The molecule has 1 aromatic carbocycles. The van der Waals surface area contributed by atoms with Crippen LogP contribution in [0.3, 0.4) is 0 Å². The maximum Gasteiger partial charge on any atom is 0.412 e. The van der Waals surface area contributed by atoms with Gasteiger partial charge in [-0.1, -0.05) is 42.5 Å². The minimum atomic E-state index is -0.634. The second-order valence-corrected chi connectivity index (χ2v) is 7.99. The maximum absolute atomic E-state index is 12.6. The first-order chi connectivity index (χ1) is 11.7. The van der Waals surface area contributed by atoms with Gasteiger partial charge >= 0.3 is 6.09 Å². The van der Waals surface area contributed by atoms with Crippen molar-refractivity contribution in [2.24, 2.45) is 0 Å². The summed E-state index contributed by atoms with van der Waals surface area (Å²) in [4.78, 5) is 14.3. The largest absolute Gasteiger partial charge is 0.444 e. The lowest BCUT2D eigenvalue weighted by atomic mass is 10.1. The lowest BCUT2D eigenvalue weighted by Crippen LogP contribution is -2.49. The van der Waals surface area contributed by atoms with Crippen LogP contribution in [0.25, 0.3) is 0 Å². The number of nitrogens with zero attached hydrogens (tertiary/aromatic N) is 1. The van der Waals surface area contributed by atoms with E-state index in [0.717, 1.165) is 19.3 Å². The second kappa shape index (κ2) is 8.05. The molecule has 0 saturated carbocycles. The first-order valence-corrected chi connectivity index (χ1v) is 9.04. The molecule has 0 aliphatic carbocycles. The zero-order valence-electron chi connectivity index (χ0n) is 16.1.